The van der Waals surface area contributed by atoms with Crippen LogP contribution in [0.5, 0.6) is 0 Å². The Labute approximate surface area is 168 Å². The van der Waals surface area contributed by atoms with E-state index in [1.165, 1.54) is 4.31 Å². The fourth-order valence-electron chi connectivity index (χ4n) is 4.08. The third kappa shape index (κ3) is 4.31. The first kappa shape index (κ1) is 22.1. The minimum atomic E-state index is -3.55. The Morgan fingerprint density at radius 2 is 1.89 bits per heavy atom. The highest BCUT2D eigenvalue weighted by Gasteiger charge is 2.57. The molecule has 0 bridgehead atoms. The molecule has 2 fully saturated rings. The Kier molecular flexibility index (Phi) is 6.95. The molecule has 1 unspecified atom stereocenters. The molecule has 27 heavy (non-hydrogen) atoms. The summed E-state index contributed by atoms with van der Waals surface area (Å²) in [5.41, 5.74) is 1.41. The van der Waals surface area contributed by atoms with Crippen LogP contribution >= 0.6 is 12.4 Å². The lowest BCUT2D eigenvalue weighted by molar-refractivity contribution is -0.118. The summed E-state index contributed by atoms with van der Waals surface area (Å²) >= 11 is 0. The number of piperidine rings is 1. The second-order valence-electron chi connectivity index (χ2n) is 7.43. The van der Waals surface area contributed by atoms with E-state index >= 15 is 0 Å². The van der Waals surface area contributed by atoms with Gasteiger partial charge >= 0.3 is 0 Å². The number of carbonyl (C=O) groups excluding carboxylic acids is 1. The highest BCUT2D eigenvalue weighted by Crippen LogP contribution is 2.58. The van der Waals surface area contributed by atoms with Gasteiger partial charge in [0.2, 0.25) is 15.9 Å². The van der Waals surface area contributed by atoms with Gasteiger partial charge in [-0.25, -0.2) is 8.42 Å². The molecule has 1 saturated carbocycles. The van der Waals surface area contributed by atoms with Crippen LogP contribution in [0.3, 0.4) is 0 Å². The molecular formula is C19H30ClN3O3S. The van der Waals surface area contributed by atoms with Crippen LogP contribution in [0.1, 0.15) is 38.7 Å². The van der Waals surface area contributed by atoms with E-state index in [1.807, 2.05) is 13.8 Å². The molecule has 0 radical (unpaired) electrons. The van der Waals surface area contributed by atoms with Crippen LogP contribution in [0.15, 0.2) is 23.1 Å². The maximum absolute atomic E-state index is 12.8. The van der Waals surface area contributed by atoms with Gasteiger partial charge in [-0.2, -0.15) is 4.31 Å². The summed E-state index contributed by atoms with van der Waals surface area (Å²) in [5.74, 6) is 0.0654. The highest BCUT2D eigenvalue weighted by molar-refractivity contribution is 7.89. The Balaban J connectivity index is 0.00000261. The number of halogens is 1. The second kappa shape index (κ2) is 8.47. The van der Waals surface area contributed by atoms with Gasteiger partial charge in [-0.1, -0.05) is 19.9 Å². The van der Waals surface area contributed by atoms with Gasteiger partial charge in [0.1, 0.15) is 0 Å². The molecular weight excluding hydrogens is 386 g/mol. The molecule has 1 aromatic carbocycles. The van der Waals surface area contributed by atoms with Crippen molar-refractivity contribution in [1.82, 2.24) is 9.62 Å². The molecule has 2 aliphatic rings. The van der Waals surface area contributed by atoms with Gasteiger partial charge in [0, 0.05) is 24.7 Å². The van der Waals surface area contributed by atoms with Crippen LogP contribution in [-0.4, -0.2) is 44.8 Å². The summed E-state index contributed by atoms with van der Waals surface area (Å²) in [6, 6.07) is 5.14. The Morgan fingerprint density at radius 1 is 1.26 bits per heavy atom. The minimum Gasteiger partial charge on any atom is -0.326 e. The quantitative estimate of drug-likeness (QED) is 0.748. The highest BCUT2D eigenvalue weighted by atomic mass is 35.5. The van der Waals surface area contributed by atoms with E-state index < -0.39 is 10.0 Å². The van der Waals surface area contributed by atoms with Crippen molar-refractivity contribution in [3.05, 3.63) is 23.8 Å². The molecule has 1 atom stereocenters. The van der Waals surface area contributed by atoms with Crippen LogP contribution in [0.4, 0.5) is 5.69 Å². The van der Waals surface area contributed by atoms with E-state index in [2.05, 4.69) is 10.6 Å². The van der Waals surface area contributed by atoms with Gasteiger partial charge in [0.25, 0.3) is 0 Å². The predicted octanol–water partition coefficient (Wildman–Crippen LogP) is 2.78. The average Bonchev–Trinajstić information content (AvgIpc) is 3.31. The topological polar surface area (TPSA) is 78.5 Å². The zero-order chi connectivity index (χ0) is 18.9. The number of hydrogen-bond donors (Lipinski definition) is 2. The average molecular weight is 416 g/mol. The van der Waals surface area contributed by atoms with E-state index in [0.29, 0.717) is 24.3 Å². The first-order valence-electron chi connectivity index (χ1n) is 9.46. The van der Waals surface area contributed by atoms with E-state index in [0.717, 1.165) is 32.4 Å². The molecule has 0 aromatic heterocycles. The number of amides is 1. The zero-order valence-corrected chi connectivity index (χ0v) is 17.9. The first-order valence-corrected chi connectivity index (χ1v) is 10.9. The number of anilines is 1. The van der Waals surface area contributed by atoms with Gasteiger partial charge in [-0.05, 0) is 62.4 Å². The molecule has 6 nitrogen and oxygen atoms in total. The molecule has 1 amide bonds. The summed E-state index contributed by atoms with van der Waals surface area (Å²) in [6.45, 7) is 8.23. The monoisotopic (exact) mass is 415 g/mol. The van der Waals surface area contributed by atoms with Crippen molar-refractivity contribution in [2.45, 2.75) is 44.9 Å². The Morgan fingerprint density at radius 3 is 2.48 bits per heavy atom. The van der Waals surface area contributed by atoms with Crippen LogP contribution in [0, 0.1) is 18.3 Å². The largest absolute Gasteiger partial charge is 0.326 e. The van der Waals surface area contributed by atoms with Crippen molar-refractivity contribution in [3.8, 4) is 0 Å². The summed E-state index contributed by atoms with van der Waals surface area (Å²) in [4.78, 5) is 12.9. The lowest BCUT2D eigenvalue weighted by Crippen LogP contribution is -2.32. The number of nitrogens with zero attached hydrogens (tertiary/aromatic N) is 1. The number of carbonyl (C=O) groups is 1. The lowest BCUT2D eigenvalue weighted by atomic mass is 9.92. The Hall–Kier alpha value is -1.15. The SMILES string of the molecule is CCN(CC)S(=O)(=O)c1cc(NC(=O)C2CC23CCNCC3)ccc1C.Cl. The summed E-state index contributed by atoms with van der Waals surface area (Å²) < 4.78 is 27.1. The molecule has 2 N–H and O–H groups in total. The molecule has 1 heterocycles. The van der Waals surface area contributed by atoms with Crippen LogP contribution in [-0.2, 0) is 14.8 Å². The smallest absolute Gasteiger partial charge is 0.243 e. The fourth-order valence-corrected chi connectivity index (χ4v) is 5.79. The van der Waals surface area contributed by atoms with Gasteiger partial charge in [-0.15, -0.1) is 12.4 Å². The normalized spacial score (nSPS) is 21.0. The maximum Gasteiger partial charge on any atom is 0.243 e. The predicted molar refractivity (Wildman–Crippen MR) is 110 cm³/mol. The van der Waals surface area contributed by atoms with Gasteiger partial charge in [-0.3, -0.25) is 4.79 Å². The van der Waals surface area contributed by atoms with Crippen LogP contribution in [0.25, 0.3) is 0 Å². The van der Waals surface area contributed by atoms with Crippen molar-refractivity contribution in [1.29, 1.82) is 0 Å². The number of nitrogens with one attached hydrogen (secondary N) is 2. The summed E-state index contributed by atoms with van der Waals surface area (Å²) in [7, 11) is -3.55. The maximum atomic E-state index is 12.8. The van der Waals surface area contributed by atoms with Gasteiger partial charge < -0.3 is 10.6 Å². The van der Waals surface area contributed by atoms with Crippen LogP contribution in [0.2, 0.25) is 0 Å². The van der Waals surface area contributed by atoms with E-state index in [1.54, 1.807) is 25.1 Å². The molecule has 1 aliphatic heterocycles. The molecule has 8 heteroatoms. The van der Waals surface area contributed by atoms with Gasteiger partial charge in [0.05, 0.1) is 4.90 Å². The van der Waals surface area contributed by atoms with E-state index in [9.17, 15) is 13.2 Å². The standard InChI is InChI=1S/C19H29N3O3S.ClH/c1-4-22(5-2)26(24,25)17-12-15(7-6-14(17)3)21-18(23)16-13-19(16)8-10-20-11-9-19;/h6-7,12,16,20H,4-5,8-11,13H2,1-3H3,(H,21,23);1H. The number of sulfonamides is 1. The van der Waals surface area contributed by atoms with Crippen molar-refractivity contribution in [2.24, 2.45) is 11.3 Å². The number of aryl methyl sites for hydroxylation is 1. The lowest BCUT2D eigenvalue weighted by Gasteiger charge is -2.23. The van der Waals surface area contributed by atoms with Crippen molar-refractivity contribution < 1.29 is 13.2 Å². The molecule has 3 rings (SSSR count). The van der Waals surface area contributed by atoms with E-state index in [-0.39, 0.29) is 34.5 Å². The molecule has 1 saturated heterocycles. The summed E-state index contributed by atoms with van der Waals surface area (Å²) in [5, 5.41) is 6.29. The van der Waals surface area contributed by atoms with Crippen molar-refractivity contribution in [3.63, 3.8) is 0 Å². The molecule has 1 spiro atoms. The Bertz CT molecular complexity index is 787. The minimum absolute atomic E-state index is 0. The number of hydrogen-bond acceptors (Lipinski definition) is 4. The third-order valence-corrected chi connectivity index (χ3v) is 8.08. The van der Waals surface area contributed by atoms with Crippen molar-refractivity contribution >= 4 is 34.0 Å². The fraction of sp³-hybridized carbons (Fsp3) is 0.632. The molecule has 1 aromatic rings. The molecule has 152 valence electrons. The van der Waals surface area contributed by atoms with Gasteiger partial charge in [0.15, 0.2) is 0 Å². The second-order valence-corrected chi connectivity index (χ2v) is 9.33. The third-order valence-electron chi connectivity index (χ3n) is 5.88. The van der Waals surface area contributed by atoms with Crippen LogP contribution < -0.4 is 10.6 Å². The number of benzene rings is 1. The summed E-state index contributed by atoms with van der Waals surface area (Å²) in [6.07, 6.45) is 3.03. The molecule has 1 aliphatic carbocycles. The van der Waals surface area contributed by atoms with E-state index in [4.69, 9.17) is 0 Å². The first-order chi connectivity index (χ1) is 12.3. The number of rotatable bonds is 6. The van der Waals surface area contributed by atoms with Crippen molar-refractivity contribution in [2.75, 3.05) is 31.5 Å². The zero-order valence-electron chi connectivity index (χ0n) is 16.2.